The number of halogens is 2. The maximum atomic E-state index is 13.7. The molecule has 58 heavy (non-hydrogen) atoms. The quantitative estimate of drug-likeness (QED) is 0.0501. The molecule has 18 heteroatoms. The van der Waals surface area contributed by atoms with Crippen LogP contribution in [0, 0.1) is 11.7 Å². The van der Waals surface area contributed by atoms with Crippen molar-refractivity contribution in [1.29, 1.82) is 0 Å². The Kier molecular flexibility index (Phi) is 17.1. The molecule has 0 aliphatic heterocycles. The first-order valence-corrected chi connectivity index (χ1v) is 19.2. The van der Waals surface area contributed by atoms with Gasteiger partial charge in [0.05, 0.1) is 30.3 Å². The van der Waals surface area contributed by atoms with Crippen LogP contribution < -0.4 is 47.1 Å². The number of carbonyl (C=O) groups is 4. The van der Waals surface area contributed by atoms with Gasteiger partial charge >= 0.3 is 12.1 Å². The highest BCUT2D eigenvalue weighted by molar-refractivity contribution is 6.31. The molecule has 16 nitrogen and oxygen atoms in total. The Morgan fingerprint density at radius 3 is 2.28 bits per heavy atom. The molecule has 0 radical (unpaired) electrons. The van der Waals surface area contributed by atoms with Crippen molar-refractivity contribution in [2.24, 2.45) is 11.7 Å². The Labute approximate surface area is 341 Å². The fourth-order valence-corrected chi connectivity index (χ4v) is 5.86. The van der Waals surface area contributed by atoms with Crippen molar-refractivity contribution >= 4 is 63.6 Å². The predicted octanol–water partition coefficient (Wildman–Crippen LogP) is 5.76. The predicted molar refractivity (Wildman–Crippen MR) is 220 cm³/mol. The highest BCUT2D eigenvalue weighted by Crippen LogP contribution is 2.35. The van der Waals surface area contributed by atoms with Crippen LogP contribution in [0.2, 0.25) is 5.02 Å². The number of carbonyl (C=O) groups excluding carboxylic acids is 4. The van der Waals surface area contributed by atoms with Crippen LogP contribution in [-0.2, 0) is 20.9 Å². The number of nitrogens with zero attached hydrogens (tertiary/aromatic N) is 2. The SMILES string of the molecule is COc1cc2ncnc(Nc3ccc(F)c(Cl)c3)c2cc1OCCCNC(=O)OCc1ccc(NC(=O)[C@H](CCCNC(N)=O)NC(=O)[C@@H](NC(C)C)C(C)C)cc1. The second-order valence-corrected chi connectivity index (χ2v) is 14.3. The summed E-state index contributed by atoms with van der Waals surface area (Å²) >= 11 is 5.94. The molecule has 4 aromatic rings. The largest absolute Gasteiger partial charge is 0.493 e. The molecule has 0 bridgehead atoms. The van der Waals surface area contributed by atoms with Gasteiger partial charge in [-0.15, -0.1) is 0 Å². The maximum Gasteiger partial charge on any atom is 0.407 e. The van der Waals surface area contributed by atoms with Crippen molar-refractivity contribution in [1.82, 2.24) is 31.2 Å². The van der Waals surface area contributed by atoms with E-state index in [1.807, 2.05) is 27.7 Å². The van der Waals surface area contributed by atoms with Gasteiger partial charge in [0.2, 0.25) is 11.8 Å². The number of methoxy groups -OCH3 is 1. The Morgan fingerprint density at radius 2 is 1.60 bits per heavy atom. The molecular weight excluding hydrogens is 773 g/mol. The van der Waals surface area contributed by atoms with Crippen molar-refractivity contribution in [3.63, 3.8) is 0 Å². The summed E-state index contributed by atoms with van der Waals surface area (Å²) in [5.74, 6) is 0.0646. The van der Waals surface area contributed by atoms with Gasteiger partial charge in [0.15, 0.2) is 11.5 Å². The second-order valence-electron chi connectivity index (χ2n) is 13.9. The Bertz CT molecular complexity index is 2020. The van der Waals surface area contributed by atoms with E-state index in [-0.39, 0.29) is 55.6 Å². The number of rotatable bonds is 21. The van der Waals surface area contributed by atoms with E-state index < -0.39 is 35.9 Å². The van der Waals surface area contributed by atoms with E-state index in [2.05, 4.69) is 41.9 Å². The molecule has 0 fully saturated rings. The van der Waals surface area contributed by atoms with Crippen LogP contribution in [0.4, 0.5) is 31.2 Å². The fraction of sp³-hybridized carbons (Fsp3) is 0.400. The van der Waals surface area contributed by atoms with Crippen molar-refractivity contribution in [2.75, 3.05) is 37.4 Å². The number of hydrogen-bond acceptors (Lipinski definition) is 11. The maximum absolute atomic E-state index is 13.7. The number of amides is 5. The van der Waals surface area contributed by atoms with Gasteiger partial charge in [-0.1, -0.05) is 51.4 Å². The smallest absolute Gasteiger partial charge is 0.407 e. The van der Waals surface area contributed by atoms with Gasteiger partial charge in [0.1, 0.15) is 30.6 Å². The average molecular weight is 824 g/mol. The molecular formula is C40H51ClFN9O7. The van der Waals surface area contributed by atoms with E-state index in [1.54, 1.807) is 42.5 Å². The van der Waals surface area contributed by atoms with E-state index in [1.165, 1.54) is 25.6 Å². The molecule has 0 unspecified atom stereocenters. The van der Waals surface area contributed by atoms with E-state index in [4.69, 9.17) is 31.5 Å². The minimum atomic E-state index is -0.872. The first-order chi connectivity index (χ1) is 27.7. The zero-order valence-electron chi connectivity index (χ0n) is 33.1. The van der Waals surface area contributed by atoms with Crippen LogP contribution in [0.25, 0.3) is 10.9 Å². The highest BCUT2D eigenvalue weighted by Gasteiger charge is 2.28. The van der Waals surface area contributed by atoms with Crippen LogP contribution in [0.1, 0.15) is 52.5 Å². The average Bonchev–Trinajstić information content (AvgIpc) is 3.18. The second kappa shape index (κ2) is 22.1. The molecule has 3 aromatic carbocycles. The van der Waals surface area contributed by atoms with Crippen LogP contribution in [-0.4, -0.2) is 78.8 Å². The normalized spacial score (nSPS) is 12.1. The third kappa shape index (κ3) is 13.9. The summed E-state index contributed by atoms with van der Waals surface area (Å²) in [5, 5.41) is 17.8. The van der Waals surface area contributed by atoms with Crippen LogP contribution in [0.5, 0.6) is 11.5 Å². The lowest BCUT2D eigenvalue weighted by Gasteiger charge is -2.27. The fourth-order valence-electron chi connectivity index (χ4n) is 5.68. The van der Waals surface area contributed by atoms with Gasteiger partial charge in [0, 0.05) is 42.0 Å². The standard InChI is InChI=1S/C40H51ClFN9O7/c1-23(2)35(48-24(3)4)38(53)51-31(8-6-15-44-39(43)54)37(52)50-26-11-9-25(10-12-26)21-58-40(55)45-16-7-17-57-34-19-28-32(20-33(34)56-5)46-22-47-36(28)49-27-13-14-30(42)29(41)18-27/h9-14,18-20,22-24,31,35,48H,6-8,15-17,21H2,1-5H3,(H,45,55)(H,50,52)(H,51,53)(H3,43,44,54)(H,46,47,49)/t31-,35-/m0/s1. The number of anilines is 3. The van der Waals surface area contributed by atoms with Gasteiger partial charge in [-0.25, -0.2) is 23.9 Å². The lowest BCUT2D eigenvalue weighted by molar-refractivity contribution is -0.129. The Hall–Kier alpha value is -5.94. The summed E-state index contributed by atoms with van der Waals surface area (Å²) in [6.45, 7) is 8.46. The molecule has 0 saturated heterocycles. The number of nitrogens with two attached hydrogens (primary N) is 1. The monoisotopic (exact) mass is 823 g/mol. The molecule has 1 aromatic heterocycles. The molecule has 1 heterocycles. The number of nitrogens with one attached hydrogen (secondary N) is 6. The first-order valence-electron chi connectivity index (χ1n) is 18.8. The third-order valence-electron chi connectivity index (χ3n) is 8.61. The zero-order valence-corrected chi connectivity index (χ0v) is 33.9. The lowest BCUT2D eigenvalue weighted by atomic mass is 10.0. The van der Waals surface area contributed by atoms with Crippen LogP contribution in [0.15, 0.2) is 60.9 Å². The van der Waals surface area contributed by atoms with Crippen LogP contribution in [0.3, 0.4) is 0 Å². The van der Waals surface area contributed by atoms with E-state index >= 15 is 0 Å². The molecule has 0 aliphatic rings. The number of primary amides is 1. The summed E-state index contributed by atoms with van der Waals surface area (Å²) in [6, 6.07) is 12.5. The number of fused-ring (bicyclic) bond motifs is 1. The number of alkyl carbamates (subject to hydrolysis) is 1. The Morgan fingerprint density at radius 1 is 0.879 bits per heavy atom. The van der Waals surface area contributed by atoms with E-state index in [9.17, 15) is 23.6 Å². The van der Waals surface area contributed by atoms with Crippen molar-refractivity contribution in [3.8, 4) is 11.5 Å². The molecule has 0 saturated carbocycles. The van der Waals surface area contributed by atoms with E-state index in [0.717, 1.165) is 0 Å². The summed E-state index contributed by atoms with van der Waals surface area (Å²) in [4.78, 5) is 58.7. The molecule has 312 valence electrons. The van der Waals surface area contributed by atoms with E-state index in [0.29, 0.717) is 58.0 Å². The zero-order chi connectivity index (χ0) is 42.2. The summed E-state index contributed by atoms with van der Waals surface area (Å²) in [5.41, 5.74) is 7.45. The minimum Gasteiger partial charge on any atom is -0.493 e. The van der Waals surface area contributed by atoms with Gasteiger partial charge in [0.25, 0.3) is 0 Å². The van der Waals surface area contributed by atoms with Crippen molar-refractivity contribution < 1.29 is 37.8 Å². The summed E-state index contributed by atoms with van der Waals surface area (Å²) < 4.78 is 30.5. The first kappa shape index (κ1) is 44.8. The van der Waals surface area contributed by atoms with Crippen molar-refractivity contribution in [3.05, 3.63) is 77.3 Å². The highest BCUT2D eigenvalue weighted by atomic mass is 35.5. The van der Waals surface area contributed by atoms with Crippen LogP contribution >= 0.6 is 11.6 Å². The number of urea groups is 1. The van der Waals surface area contributed by atoms with Gasteiger partial charge in [-0.05, 0) is 67.1 Å². The van der Waals surface area contributed by atoms with Gasteiger partial charge in [-0.2, -0.15) is 0 Å². The third-order valence-corrected chi connectivity index (χ3v) is 8.90. The molecule has 8 N–H and O–H groups in total. The molecule has 0 spiro atoms. The molecule has 4 rings (SSSR count). The summed E-state index contributed by atoms with van der Waals surface area (Å²) in [6.07, 6.45) is 1.89. The topological polar surface area (TPSA) is 220 Å². The Balaban J connectivity index is 1.24. The number of aromatic nitrogens is 2. The minimum absolute atomic E-state index is 0.0155. The van der Waals surface area contributed by atoms with Crippen molar-refractivity contribution in [2.45, 2.75) is 71.7 Å². The van der Waals surface area contributed by atoms with Gasteiger partial charge in [-0.3, -0.25) is 9.59 Å². The number of ether oxygens (including phenoxy) is 3. The number of hydrogen-bond donors (Lipinski definition) is 7. The molecule has 5 amide bonds. The lowest BCUT2D eigenvalue weighted by Crippen LogP contribution is -2.54. The number of benzene rings is 3. The molecule has 2 atom stereocenters. The molecule has 0 aliphatic carbocycles. The summed E-state index contributed by atoms with van der Waals surface area (Å²) in [7, 11) is 1.51. The van der Waals surface area contributed by atoms with Gasteiger partial charge < -0.3 is 51.8 Å².